The van der Waals surface area contributed by atoms with Gasteiger partial charge in [-0.2, -0.15) is 4.89 Å². The molecular weight excluding hydrogens is 635 g/mol. The van der Waals surface area contributed by atoms with Gasteiger partial charge in [-0.25, -0.2) is 9.59 Å². The van der Waals surface area contributed by atoms with Crippen molar-refractivity contribution in [2.24, 2.45) is 5.92 Å². The summed E-state index contributed by atoms with van der Waals surface area (Å²) in [4.78, 5) is 48.2. The quantitative estimate of drug-likeness (QED) is 0.140. The molecule has 13 heteroatoms. The standard InChI is InChI=1S/C35H38O12.Na/c1-5-14-42-23-8-10-26-25(16-23)32(24-9-7-22(41-4)17-28(24)43-18-30(36)37)33(34(39)40)35(26,13-12-31(38)47-46-20(2)3)21-6-11-27-29(15-21)45-19-44-27;/h6-11,15-17,20,32-33H,5,12-14,18-19H2,1-4H3,(H,36,37)(H,39,40);/q;+1/p-1. The molecule has 3 unspecified atom stereocenters. The van der Waals surface area contributed by atoms with E-state index >= 15 is 0 Å². The van der Waals surface area contributed by atoms with Gasteiger partial charge in [0.2, 0.25) is 6.79 Å². The van der Waals surface area contributed by atoms with E-state index in [1.54, 1.807) is 62.4 Å². The number of hydrogen-bond acceptors (Lipinski definition) is 11. The molecule has 3 aromatic rings. The summed E-state index contributed by atoms with van der Waals surface area (Å²) in [6, 6.07) is 15.3. The summed E-state index contributed by atoms with van der Waals surface area (Å²) in [5.74, 6) is -3.63. The van der Waals surface area contributed by atoms with Crippen molar-refractivity contribution >= 4 is 17.9 Å². The van der Waals surface area contributed by atoms with E-state index < -0.39 is 41.8 Å². The fourth-order valence-electron chi connectivity index (χ4n) is 6.43. The molecule has 0 radical (unpaired) electrons. The number of benzene rings is 3. The molecule has 12 nitrogen and oxygen atoms in total. The maximum absolute atomic E-state index is 13.6. The van der Waals surface area contributed by atoms with Crippen LogP contribution in [0.1, 0.15) is 68.2 Å². The maximum atomic E-state index is 13.6. The molecule has 250 valence electrons. The van der Waals surface area contributed by atoms with Crippen molar-refractivity contribution in [3.05, 3.63) is 76.9 Å². The zero-order valence-electron chi connectivity index (χ0n) is 27.6. The van der Waals surface area contributed by atoms with Crippen LogP contribution < -0.4 is 58.3 Å². The van der Waals surface area contributed by atoms with Gasteiger partial charge in [0.15, 0.2) is 18.1 Å². The Kier molecular flexibility index (Phi) is 12.2. The number of carboxylic acids is 2. The fraction of sp³-hybridized carbons (Fsp3) is 0.400. The van der Waals surface area contributed by atoms with Crippen LogP contribution in [0.2, 0.25) is 0 Å². The Morgan fingerprint density at radius 3 is 2.42 bits per heavy atom. The molecule has 1 N–H and O–H groups in total. The van der Waals surface area contributed by atoms with Crippen molar-refractivity contribution in [1.82, 2.24) is 0 Å². The van der Waals surface area contributed by atoms with Gasteiger partial charge < -0.3 is 38.7 Å². The van der Waals surface area contributed by atoms with E-state index in [0.717, 1.165) is 6.42 Å². The minimum Gasteiger partial charge on any atom is -0.550 e. The molecule has 5 rings (SSSR count). The largest absolute Gasteiger partial charge is 1.00 e. The van der Waals surface area contributed by atoms with Crippen molar-refractivity contribution in [2.75, 3.05) is 27.1 Å². The Bertz CT molecular complexity index is 1640. The van der Waals surface area contributed by atoms with Crippen molar-refractivity contribution in [3.63, 3.8) is 0 Å². The Balaban J connectivity index is 0.00000520. The van der Waals surface area contributed by atoms with Gasteiger partial charge >= 0.3 is 41.5 Å². The Hall–Kier alpha value is -3.97. The van der Waals surface area contributed by atoms with Gasteiger partial charge in [-0.05, 0) is 73.7 Å². The van der Waals surface area contributed by atoms with E-state index in [-0.39, 0.29) is 61.0 Å². The summed E-state index contributed by atoms with van der Waals surface area (Å²) in [6.45, 7) is 5.15. The number of methoxy groups -OCH3 is 1. The fourth-order valence-corrected chi connectivity index (χ4v) is 6.43. The van der Waals surface area contributed by atoms with Gasteiger partial charge in [0, 0.05) is 34.8 Å². The van der Waals surface area contributed by atoms with Crippen LogP contribution >= 0.6 is 0 Å². The van der Waals surface area contributed by atoms with Crippen LogP contribution in [0.15, 0.2) is 54.6 Å². The summed E-state index contributed by atoms with van der Waals surface area (Å²) in [6.07, 6.45) is 0.132. The normalized spacial score (nSPS) is 18.9. The molecular formula is C35H37NaO12. The SMILES string of the molecule is CCCOc1ccc2c(c1)C(c1ccc(OC)cc1OCC(=O)O)C(C(=O)[O-])C2(CCC(=O)OOC(C)C)c1ccc2c(c1)OCO2.[Na+]. The van der Waals surface area contributed by atoms with Crippen molar-refractivity contribution in [3.8, 4) is 28.7 Å². The molecule has 48 heavy (non-hydrogen) atoms. The molecule has 3 atom stereocenters. The summed E-state index contributed by atoms with van der Waals surface area (Å²) in [5.41, 5.74) is 0.744. The van der Waals surface area contributed by atoms with Crippen LogP contribution in [0.4, 0.5) is 0 Å². The van der Waals surface area contributed by atoms with E-state index in [2.05, 4.69) is 0 Å². The van der Waals surface area contributed by atoms with Crippen molar-refractivity contribution in [1.29, 1.82) is 0 Å². The van der Waals surface area contributed by atoms with Crippen LogP contribution in [0, 0.1) is 5.92 Å². The molecule has 1 aliphatic carbocycles. The number of fused-ring (bicyclic) bond motifs is 2. The van der Waals surface area contributed by atoms with Gasteiger partial charge in [-0.1, -0.05) is 25.1 Å². The van der Waals surface area contributed by atoms with Gasteiger partial charge in [0.25, 0.3) is 0 Å². The summed E-state index contributed by atoms with van der Waals surface area (Å²) in [7, 11) is 1.45. The maximum Gasteiger partial charge on any atom is 1.00 e. The Labute approximate surface area is 300 Å². The number of carboxylic acid groups (broad SMARTS) is 2. The van der Waals surface area contributed by atoms with Crippen LogP contribution in [-0.4, -0.2) is 56.2 Å². The number of rotatable bonds is 15. The second kappa shape index (κ2) is 16.0. The zero-order valence-corrected chi connectivity index (χ0v) is 29.6. The molecule has 0 spiro atoms. The van der Waals surface area contributed by atoms with Gasteiger partial charge in [-0.3, -0.25) is 4.89 Å². The monoisotopic (exact) mass is 672 g/mol. The molecule has 0 bridgehead atoms. The number of carbonyl (C=O) groups excluding carboxylic acids is 2. The second-order valence-electron chi connectivity index (χ2n) is 11.6. The number of aliphatic carboxylic acids is 2. The second-order valence-corrected chi connectivity index (χ2v) is 11.6. The van der Waals surface area contributed by atoms with Crippen LogP contribution in [0.3, 0.4) is 0 Å². The molecule has 0 amide bonds. The molecule has 0 saturated heterocycles. The molecule has 3 aromatic carbocycles. The van der Waals surface area contributed by atoms with Crippen LogP contribution in [0.25, 0.3) is 0 Å². The van der Waals surface area contributed by atoms with E-state index in [1.165, 1.54) is 13.2 Å². The first-order chi connectivity index (χ1) is 22.6. The molecule has 1 heterocycles. The number of hydrogen-bond donors (Lipinski definition) is 1. The average molecular weight is 673 g/mol. The predicted octanol–water partition coefficient (Wildman–Crippen LogP) is 1.14. The predicted molar refractivity (Wildman–Crippen MR) is 164 cm³/mol. The molecule has 0 fully saturated rings. The topological polar surface area (TPSA) is 159 Å². The van der Waals surface area contributed by atoms with Crippen molar-refractivity contribution in [2.45, 2.75) is 57.5 Å². The van der Waals surface area contributed by atoms with Crippen LogP contribution in [-0.2, 0) is 29.6 Å². The number of ether oxygens (including phenoxy) is 5. The first kappa shape index (κ1) is 36.9. The number of carbonyl (C=O) groups is 3. The third-order valence-electron chi connectivity index (χ3n) is 8.28. The average Bonchev–Trinajstić information content (AvgIpc) is 3.64. The minimum absolute atomic E-state index is 0. The first-order valence-corrected chi connectivity index (χ1v) is 15.4. The Morgan fingerprint density at radius 1 is 0.979 bits per heavy atom. The van der Waals surface area contributed by atoms with E-state index in [4.69, 9.17) is 33.5 Å². The molecule has 0 saturated carbocycles. The molecule has 2 aliphatic rings. The third kappa shape index (κ3) is 7.52. The third-order valence-corrected chi connectivity index (χ3v) is 8.28. The zero-order chi connectivity index (χ0) is 33.7. The Morgan fingerprint density at radius 2 is 1.73 bits per heavy atom. The molecule has 1 aliphatic heterocycles. The molecule has 0 aromatic heterocycles. The van der Waals surface area contributed by atoms with Crippen molar-refractivity contribution < 1.29 is 87.6 Å². The smallest absolute Gasteiger partial charge is 0.550 e. The van der Waals surface area contributed by atoms with Gasteiger partial charge in [-0.15, -0.1) is 0 Å². The first-order valence-electron chi connectivity index (χ1n) is 15.4. The van der Waals surface area contributed by atoms with Gasteiger partial charge in [0.05, 0.1) is 26.2 Å². The van der Waals surface area contributed by atoms with E-state index in [1.807, 2.05) is 6.92 Å². The summed E-state index contributed by atoms with van der Waals surface area (Å²) < 4.78 is 28.3. The minimum atomic E-state index is -1.40. The van der Waals surface area contributed by atoms with Gasteiger partial charge in [0.1, 0.15) is 17.2 Å². The van der Waals surface area contributed by atoms with Crippen LogP contribution in [0.5, 0.6) is 28.7 Å². The van der Waals surface area contributed by atoms with E-state index in [9.17, 15) is 24.6 Å². The summed E-state index contributed by atoms with van der Waals surface area (Å²) in [5, 5.41) is 23.0. The van der Waals surface area contributed by atoms with E-state index in [0.29, 0.717) is 51.9 Å². The summed E-state index contributed by atoms with van der Waals surface area (Å²) >= 11 is 0.